The molecule has 0 aliphatic carbocycles. The number of nitrogens with zero attached hydrogens (tertiary/aromatic N) is 3. The van der Waals surface area contributed by atoms with E-state index in [1.807, 2.05) is 6.92 Å². The lowest BCUT2D eigenvalue weighted by molar-refractivity contribution is 0.0521. The maximum Gasteiger partial charge on any atom is 0.340 e. The summed E-state index contributed by atoms with van der Waals surface area (Å²) in [6.07, 6.45) is 2.28. The van der Waals surface area contributed by atoms with Crippen LogP contribution in [0.15, 0.2) is 21.6 Å². The van der Waals surface area contributed by atoms with Crippen LogP contribution >= 0.6 is 23.3 Å². The second-order valence-corrected chi connectivity index (χ2v) is 5.76. The predicted octanol–water partition coefficient (Wildman–Crippen LogP) is 2.41. The third kappa shape index (κ3) is 3.45. The van der Waals surface area contributed by atoms with Crippen LogP contribution in [0.25, 0.3) is 0 Å². The van der Waals surface area contributed by atoms with Crippen molar-refractivity contribution >= 4 is 35.0 Å². The topological polar surface area (TPSA) is 91.0 Å². The van der Waals surface area contributed by atoms with E-state index in [1.165, 1.54) is 29.5 Å². The molecule has 0 aliphatic heterocycles. The van der Waals surface area contributed by atoms with Crippen molar-refractivity contribution in [3.8, 4) is 0 Å². The average molecular weight is 310 g/mol. The number of carbonyl (C=O) groups is 1. The van der Waals surface area contributed by atoms with Crippen molar-refractivity contribution in [3.05, 3.63) is 23.7 Å². The smallest absolute Gasteiger partial charge is 0.340 e. The fourth-order valence-corrected chi connectivity index (χ4v) is 3.08. The van der Waals surface area contributed by atoms with Crippen LogP contribution in [0.3, 0.4) is 0 Å². The minimum absolute atomic E-state index is 0.302. The second kappa shape index (κ2) is 6.67. The number of hydrogen-bond acceptors (Lipinski definition) is 8. The number of aromatic nitrogens is 3. The highest BCUT2D eigenvalue weighted by molar-refractivity contribution is 8.01. The van der Waals surface area contributed by atoms with Gasteiger partial charge in [-0.2, -0.15) is 4.37 Å². The minimum Gasteiger partial charge on any atom is -0.462 e. The summed E-state index contributed by atoms with van der Waals surface area (Å²) in [5.74, 6) is 0.348. The van der Waals surface area contributed by atoms with Crippen molar-refractivity contribution in [1.82, 2.24) is 14.3 Å². The molecule has 0 aliphatic rings. The van der Waals surface area contributed by atoms with E-state index < -0.39 is 5.97 Å². The van der Waals surface area contributed by atoms with E-state index in [2.05, 4.69) is 14.3 Å². The fourth-order valence-electron chi connectivity index (χ4n) is 1.41. The van der Waals surface area contributed by atoms with Crippen LogP contribution < -0.4 is 5.73 Å². The Kier molecular flexibility index (Phi) is 4.91. The molecule has 20 heavy (non-hydrogen) atoms. The normalized spacial score (nSPS) is 10.5. The Morgan fingerprint density at radius 2 is 2.30 bits per heavy atom. The van der Waals surface area contributed by atoms with E-state index in [9.17, 15) is 4.79 Å². The van der Waals surface area contributed by atoms with Crippen molar-refractivity contribution in [2.45, 2.75) is 29.6 Å². The van der Waals surface area contributed by atoms with Crippen molar-refractivity contribution in [3.63, 3.8) is 0 Å². The number of carbonyl (C=O) groups excluding carboxylic acids is 1. The number of nitrogen functional groups attached to an aromatic ring is 1. The van der Waals surface area contributed by atoms with Gasteiger partial charge in [-0.05, 0) is 36.3 Å². The van der Waals surface area contributed by atoms with Crippen molar-refractivity contribution in [2.24, 2.45) is 0 Å². The maximum absolute atomic E-state index is 11.9. The molecule has 2 aromatic rings. The van der Waals surface area contributed by atoms with Gasteiger partial charge in [-0.15, -0.1) is 0 Å². The van der Waals surface area contributed by atoms with Crippen molar-refractivity contribution in [2.75, 3.05) is 12.3 Å². The monoisotopic (exact) mass is 310 g/mol. The lowest BCUT2D eigenvalue weighted by Crippen LogP contribution is -2.08. The van der Waals surface area contributed by atoms with Crippen LogP contribution in [-0.4, -0.2) is 26.9 Å². The van der Waals surface area contributed by atoms with E-state index in [0.717, 1.165) is 16.6 Å². The van der Waals surface area contributed by atoms with E-state index >= 15 is 0 Å². The number of rotatable bonds is 5. The van der Waals surface area contributed by atoms with Crippen LogP contribution in [0, 0.1) is 0 Å². The molecule has 0 saturated carbocycles. The van der Waals surface area contributed by atoms with Crippen LogP contribution in [0.4, 0.5) is 5.69 Å². The first-order valence-corrected chi connectivity index (χ1v) is 7.66. The van der Waals surface area contributed by atoms with Gasteiger partial charge < -0.3 is 10.5 Å². The van der Waals surface area contributed by atoms with Gasteiger partial charge >= 0.3 is 5.97 Å². The van der Waals surface area contributed by atoms with Gasteiger partial charge in [-0.1, -0.05) is 6.92 Å². The van der Waals surface area contributed by atoms with Crippen molar-refractivity contribution < 1.29 is 9.53 Å². The quantitative estimate of drug-likeness (QED) is 0.848. The highest BCUT2D eigenvalue weighted by Crippen LogP contribution is 2.31. The number of nitrogens with two attached hydrogens (primary N) is 1. The van der Waals surface area contributed by atoms with Gasteiger partial charge in [0, 0.05) is 6.42 Å². The molecular weight excluding hydrogens is 296 g/mol. The first kappa shape index (κ1) is 14.7. The van der Waals surface area contributed by atoms with Crippen LogP contribution in [-0.2, 0) is 11.2 Å². The maximum atomic E-state index is 11.9. The zero-order valence-electron chi connectivity index (χ0n) is 11.1. The van der Waals surface area contributed by atoms with Gasteiger partial charge in [0.1, 0.15) is 10.9 Å². The number of pyridine rings is 1. The molecule has 0 fully saturated rings. The average Bonchev–Trinajstić information content (AvgIpc) is 2.89. The molecule has 2 rings (SSSR count). The summed E-state index contributed by atoms with van der Waals surface area (Å²) < 4.78 is 9.95. The Bertz CT molecular complexity index is 615. The molecule has 0 saturated heterocycles. The third-order valence-corrected chi connectivity index (χ3v) is 4.12. The van der Waals surface area contributed by atoms with Crippen LogP contribution in [0.1, 0.15) is 30.0 Å². The standard InChI is InChI=1S/C12H14N4O2S2/c1-3-9-15-12(20-16-9)19-10-8(11(17)18-4-2)5-7(13)6-14-10/h5-6H,3-4,13H2,1-2H3. The zero-order valence-corrected chi connectivity index (χ0v) is 12.8. The molecule has 2 heterocycles. The molecule has 2 aromatic heterocycles. The predicted molar refractivity (Wildman–Crippen MR) is 78.0 cm³/mol. The molecule has 0 aromatic carbocycles. The highest BCUT2D eigenvalue weighted by atomic mass is 32.2. The minimum atomic E-state index is -0.435. The lowest BCUT2D eigenvalue weighted by Gasteiger charge is -2.06. The van der Waals surface area contributed by atoms with E-state index in [4.69, 9.17) is 10.5 Å². The zero-order chi connectivity index (χ0) is 14.5. The Morgan fingerprint density at radius 3 is 2.95 bits per heavy atom. The van der Waals surface area contributed by atoms with Gasteiger partial charge in [-0.25, -0.2) is 14.8 Å². The van der Waals surface area contributed by atoms with Gasteiger partial charge in [0.15, 0.2) is 4.34 Å². The van der Waals surface area contributed by atoms with Crippen molar-refractivity contribution in [1.29, 1.82) is 0 Å². The second-order valence-electron chi connectivity index (χ2n) is 3.77. The molecular formula is C12H14N4O2S2. The Labute approximate surface area is 124 Å². The molecule has 0 unspecified atom stereocenters. The fraction of sp³-hybridized carbons (Fsp3) is 0.333. The number of anilines is 1. The Balaban J connectivity index is 2.28. The molecule has 8 heteroatoms. The summed E-state index contributed by atoms with van der Waals surface area (Å²) in [6.45, 7) is 4.04. The van der Waals surface area contributed by atoms with E-state index in [0.29, 0.717) is 22.9 Å². The molecule has 0 spiro atoms. The van der Waals surface area contributed by atoms with E-state index in [1.54, 1.807) is 13.0 Å². The Hall–Kier alpha value is -1.67. The molecule has 106 valence electrons. The number of hydrogen-bond donors (Lipinski definition) is 1. The van der Waals surface area contributed by atoms with Crippen LogP contribution in [0.5, 0.6) is 0 Å². The number of esters is 1. The van der Waals surface area contributed by atoms with Gasteiger partial charge in [-0.3, -0.25) is 0 Å². The summed E-state index contributed by atoms with van der Waals surface area (Å²) in [7, 11) is 0. The van der Waals surface area contributed by atoms with Gasteiger partial charge in [0.2, 0.25) is 0 Å². The summed E-state index contributed by atoms with van der Waals surface area (Å²) >= 11 is 2.58. The Morgan fingerprint density at radius 1 is 1.50 bits per heavy atom. The molecule has 0 atom stereocenters. The van der Waals surface area contributed by atoms with Crippen LogP contribution in [0.2, 0.25) is 0 Å². The first-order chi connectivity index (χ1) is 9.63. The summed E-state index contributed by atoms with van der Waals surface area (Å²) in [5.41, 5.74) is 6.45. The molecule has 0 bridgehead atoms. The van der Waals surface area contributed by atoms with Gasteiger partial charge in [0.25, 0.3) is 0 Å². The molecule has 0 radical (unpaired) electrons. The third-order valence-electron chi connectivity index (χ3n) is 2.32. The summed E-state index contributed by atoms with van der Waals surface area (Å²) in [6, 6.07) is 1.56. The summed E-state index contributed by atoms with van der Waals surface area (Å²) in [4.78, 5) is 20.4. The van der Waals surface area contributed by atoms with Gasteiger partial charge in [0.05, 0.1) is 24.1 Å². The highest BCUT2D eigenvalue weighted by Gasteiger charge is 2.17. The molecule has 0 amide bonds. The molecule has 6 nitrogen and oxygen atoms in total. The SMILES string of the molecule is CCOC(=O)c1cc(N)cnc1Sc1nc(CC)ns1. The number of aryl methyl sites for hydroxylation is 1. The molecule has 2 N–H and O–H groups in total. The first-order valence-electron chi connectivity index (χ1n) is 6.07. The number of ether oxygens (including phenoxy) is 1. The largest absolute Gasteiger partial charge is 0.462 e. The summed E-state index contributed by atoms with van der Waals surface area (Å²) in [5, 5.41) is 0.524. The van der Waals surface area contributed by atoms with E-state index in [-0.39, 0.29) is 0 Å². The lowest BCUT2D eigenvalue weighted by atomic mass is 10.3.